The highest BCUT2D eigenvalue weighted by atomic mass is 79.9. The maximum Gasteiger partial charge on any atom is 0.117 e. The first-order valence-corrected chi connectivity index (χ1v) is 8.00. The molecule has 106 valence electrons. The number of nitrogens with one attached hydrogen (secondary N) is 1. The first kappa shape index (κ1) is 13.9. The molecule has 3 rings (SSSR count). The van der Waals surface area contributed by atoms with Crippen LogP contribution in [0.3, 0.4) is 0 Å². The Morgan fingerprint density at radius 3 is 2.60 bits per heavy atom. The standard InChI is InChI=1S/C17H20BrNO/c1-11-9-16(11)17-8-7-15(20-17)10-19-12(2)13-3-5-14(18)6-4-13/h3-8,11-12,16,19H,9-10H2,1-2H3. The molecular weight excluding hydrogens is 314 g/mol. The lowest BCUT2D eigenvalue weighted by molar-refractivity contribution is 0.430. The fourth-order valence-electron chi connectivity index (χ4n) is 2.53. The van der Waals surface area contributed by atoms with Gasteiger partial charge in [-0.1, -0.05) is 35.0 Å². The zero-order valence-corrected chi connectivity index (χ0v) is 13.5. The summed E-state index contributed by atoms with van der Waals surface area (Å²) in [5, 5.41) is 3.51. The number of furan rings is 1. The fourth-order valence-corrected chi connectivity index (χ4v) is 2.79. The molecule has 0 saturated heterocycles. The molecule has 1 aromatic heterocycles. The van der Waals surface area contributed by atoms with Crippen LogP contribution in [0, 0.1) is 5.92 Å². The quantitative estimate of drug-likeness (QED) is 0.831. The van der Waals surface area contributed by atoms with Gasteiger partial charge in [-0.2, -0.15) is 0 Å². The monoisotopic (exact) mass is 333 g/mol. The summed E-state index contributed by atoms with van der Waals surface area (Å²) in [5.74, 6) is 3.64. The number of halogens is 1. The van der Waals surface area contributed by atoms with E-state index in [1.54, 1.807) is 0 Å². The van der Waals surface area contributed by atoms with Crippen LogP contribution < -0.4 is 5.32 Å². The second-order valence-electron chi connectivity index (χ2n) is 5.78. The van der Waals surface area contributed by atoms with E-state index in [2.05, 4.69) is 71.5 Å². The van der Waals surface area contributed by atoms with Gasteiger partial charge < -0.3 is 9.73 Å². The van der Waals surface area contributed by atoms with Crippen LogP contribution in [0.1, 0.15) is 49.3 Å². The van der Waals surface area contributed by atoms with E-state index < -0.39 is 0 Å². The van der Waals surface area contributed by atoms with Crippen LogP contribution in [0.2, 0.25) is 0 Å². The topological polar surface area (TPSA) is 25.2 Å². The molecule has 20 heavy (non-hydrogen) atoms. The largest absolute Gasteiger partial charge is 0.464 e. The lowest BCUT2D eigenvalue weighted by Crippen LogP contribution is -2.17. The van der Waals surface area contributed by atoms with Gasteiger partial charge in [-0.15, -0.1) is 0 Å². The molecule has 2 aromatic rings. The van der Waals surface area contributed by atoms with Gasteiger partial charge in [0.2, 0.25) is 0 Å². The maximum atomic E-state index is 5.91. The molecule has 0 bridgehead atoms. The summed E-state index contributed by atoms with van der Waals surface area (Å²) in [7, 11) is 0. The molecule has 1 aliphatic rings. The van der Waals surface area contributed by atoms with Crippen LogP contribution in [-0.4, -0.2) is 0 Å². The van der Waals surface area contributed by atoms with Gasteiger partial charge in [0.15, 0.2) is 0 Å². The highest BCUT2D eigenvalue weighted by Gasteiger charge is 2.36. The zero-order valence-electron chi connectivity index (χ0n) is 11.9. The molecule has 1 fully saturated rings. The van der Waals surface area contributed by atoms with Gasteiger partial charge in [0.1, 0.15) is 11.5 Å². The number of hydrogen-bond donors (Lipinski definition) is 1. The average Bonchev–Trinajstić information content (AvgIpc) is 3.00. The van der Waals surface area contributed by atoms with E-state index in [-0.39, 0.29) is 0 Å². The third-order valence-corrected chi connectivity index (χ3v) is 4.64. The molecule has 0 aliphatic heterocycles. The van der Waals surface area contributed by atoms with E-state index in [1.165, 1.54) is 12.0 Å². The van der Waals surface area contributed by atoms with E-state index >= 15 is 0 Å². The highest BCUT2D eigenvalue weighted by Crippen LogP contribution is 2.47. The van der Waals surface area contributed by atoms with Crippen LogP contribution in [0.4, 0.5) is 0 Å². The Balaban J connectivity index is 1.56. The maximum absolute atomic E-state index is 5.91. The predicted octanol–water partition coefficient (Wildman–Crippen LogP) is 5.02. The average molecular weight is 334 g/mol. The molecule has 3 heteroatoms. The fraction of sp³-hybridized carbons (Fsp3) is 0.412. The van der Waals surface area contributed by atoms with Crippen LogP contribution in [-0.2, 0) is 6.54 Å². The number of hydrogen-bond acceptors (Lipinski definition) is 2. The molecule has 0 radical (unpaired) electrons. The van der Waals surface area contributed by atoms with Gasteiger partial charge in [-0.3, -0.25) is 0 Å². The lowest BCUT2D eigenvalue weighted by Gasteiger charge is -2.13. The van der Waals surface area contributed by atoms with Gasteiger partial charge in [0.05, 0.1) is 6.54 Å². The third kappa shape index (κ3) is 3.15. The normalized spacial score (nSPS) is 22.8. The summed E-state index contributed by atoms with van der Waals surface area (Å²) >= 11 is 3.46. The van der Waals surface area contributed by atoms with Crippen molar-refractivity contribution in [3.05, 3.63) is 58.0 Å². The predicted molar refractivity (Wildman–Crippen MR) is 84.6 cm³/mol. The smallest absolute Gasteiger partial charge is 0.117 e. The Labute approximate surface area is 128 Å². The molecular formula is C17H20BrNO. The number of rotatable bonds is 5. The molecule has 0 spiro atoms. The van der Waals surface area contributed by atoms with Crippen molar-refractivity contribution < 1.29 is 4.42 Å². The van der Waals surface area contributed by atoms with E-state index in [0.29, 0.717) is 12.0 Å². The Kier molecular flexibility index (Phi) is 3.99. The lowest BCUT2D eigenvalue weighted by atomic mass is 10.1. The highest BCUT2D eigenvalue weighted by molar-refractivity contribution is 9.10. The van der Waals surface area contributed by atoms with Crippen LogP contribution in [0.25, 0.3) is 0 Å². The van der Waals surface area contributed by atoms with Crippen molar-refractivity contribution in [3.63, 3.8) is 0 Å². The first-order valence-electron chi connectivity index (χ1n) is 7.21. The van der Waals surface area contributed by atoms with Crippen molar-refractivity contribution in [1.82, 2.24) is 5.32 Å². The Morgan fingerprint density at radius 1 is 1.25 bits per heavy atom. The zero-order chi connectivity index (χ0) is 14.1. The van der Waals surface area contributed by atoms with Crippen LogP contribution in [0.15, 0.2) is 45.3 Å². The van der Waals surface area contributed by atoms with Gasteiger partial charge in [0, 0.05) is 16.4 Å². The third-order valence-electron chi connectivity index (χ3n) is 4.11. The molecule has 1 aliphatic carbocycles. The Morgan fingerprint density at radius 2 is 1.95 bits per heavy atom. The summed E-state index contributed by atoms with van der Waals surface area (Å²) in [6, 6.07) is 13.0. The molecule has 0 amide bonds. The minimum absolute atomic E-state index is 0.316. The van der Waals surface area contributed by atoms with Crippen molar-refractivity contribution in [2.24, 2.45) is 5.92 Å². The number of benzene rings is 1. The SMILES string of the molecule is CC(NCc1ccc(C2CC2C)o1)c1ccc(Br)cc1. The minimum atomic E-state index is 0.316. The van der Waals surface area contributed by atoms with Crippen molar-refractivity contribution in [3.8, 4) is 0 Å². The summed E-state index contributed by atoms with van der Waals surface area (Å²) < 4.78 is 7.03. The van der Waals surface area contributed by atoms with Gasteiger partial charge in [-0.05, 0) is 49.1 Å². The first-order chi connectivity index (χ1) is 9.63. The second kappa shape index (κ2) is 5.74. The Hall–Kier alpha value is -1.06. The van der Waals surface area contributed by atoms with Crippen molar-refractivity contribution >= 4 is 15.9 Å². The van der Waals surface area contributed by atoms with E-state index in [1.807, 2.05) is 0 Å². The molecule has 2 nitrogen and oxygen atoms in total. The molecule has 3 atom stereocenters. The van der Waals surface area contributed by atoms with Gasteiger partial charge in [0.25, 0.3) is 0 Å². The van der Waals surface area contributed by atoms with E-state index in [0.717, 1.165) is 28.5 Å². The molecule has 1 aromatic carbocycles. The molecule has 1 saturated carbocycles. The van der Waals surface area contributed by atoms with Crippen LogP contribution >= 0.6 is 15.9 Å². The summed E-state index contributed by atoms with van der Waals surface area (Å²) in [6.07, 6.45) is 1.27. The van der Waals surface area contributed by atoms with Crippen LogP contribution in [0.5, 0.6) is 0 Å². The molecule has 1 heterocycles. The van der Waals surface area contributed by atoms with E-state index in [4.69, 9.17) is 4.42 Å². The minimum Gasteiger partial charge on any atom is -0.464 e. The molecule has 1 N–H and O–H groups in total. The summed E-state index contributed by atoms with van der Waals surface area (Å²) in [5.41, 5.74) is 1.29. The van der Waals surface area contributed by atoms with Gasteiger partial charge in [-0.25, -0.2) is 0 Å². The van der Waals surface area contributed by atoms with Crippen molar-refractivity contribution in [1.29, 1.82) is 0 Å². The van der Waals surface area contributed by atoms with Crippen molar-refractivity contribution in [2.45, 2.75) is 38.8 Å². The Bertz CT molecular complexity index is 575. The van der Waals surface area contributed by atoms with Gasteiger partial charge >= 0.3 is 0 Å². The van der Waals surface area contributed by atoms with Crippen molar-refractivity contribution in [2.75, 3.05) is 0 Å². The second-order valence-corrected chi connectivity index (χ2v) is 6.69. The van der Waals surface area contributed by atoms with E-state index in [9.17, 15) is 0 Å². The summed E-state index contributed by atoms with van der Waals surface area (Å²) in [6.45, 7) is 5.23. The summed E-state index contributed by atoms with van der Waals surface area (Å²) in [4.78, 5) is 0. The molecule has 3 unspecified atom stereocenters.